The lowest BCUT2D eigenvalue weighted by atomic mass is 10.0. The number of benzene rings is 1. The van der Waals surface area contributed by atoms with Crippen molar-refractivity contribution in [1.29, 1.82) is 0 Å². The van der Waals surface area contributed by atoms with Gasteiger partial charge in [0.05, 0.1) is 0 Å². The molecule has 1 aromatic carbocycles. The Morgan fingerprint density at radius 3 is 2.45 bits per heavy atom. The van der Waals surface area contributed by atoms with Gasteiger partial charge in [-0.2, -0.15) is 0 Å². The van der Waals surface area contributed by atoms with E-state index in [1.54, 1.807) is 12.4 Å². The summed E-state index contributed by atoms with van der Waals surface area (Å²) in [5.74, 6) is 0.0266. The minimum absolute atomic E-state index is 0.0266. The first-order valence-electron chi connectivity index (χ1n) is 7.71. The Morgan fingerprint density at radius 1 is 1.14 bits per heavy atom. The van der Waals surface area contributed by atoms with Crippen molar-refractivity contribution in [3.63, 3.8) is 0 Å². The van der Waals surface area contributed by atoms with Crippen LogP contribution in [0.25, 0.3) is 0 Å². The van der Waals surface area contributed by atoms with Crippen LogP contribution in [0.4, 0.5) is 0 Å². The first-order valence-corrected chi connectivity index (χ1v) is 7.71. The van der Waals surface area contributed by atoms with Gasteiger partial charge < -0.3 is 5.32 Å². The first kappa shape index (κ1) is 16.2. The van der Waals surface area contributed by atoms with Gasteiger partial charge in [-0.1, -0.05) is 50.2 Å². The Bertz CT molecular complexity index is 567. The zero-order valence-corrected chi connectivity index (χ0v) is 13.2. The van der Waals surface area contributed by atoms with Gasteiger partial charge in [0.15, 0.2) is 0 Å². The van der Waals surface area contributed by atoms with Gasteiger partial charge >= 0.3 is 0 Å². The minimum Gasteiger partial charge on any atom is -0.350 e. The van der Waals surface area contributed by atoms with Crippen LogP contribution in [0.2, 0.25) is 0 Å². The van der Waals surface area contributed by atoms with E-state index in [2.05, 4.69) is 29.0 Å². The van der Waals surface area contributed by atoms with Crippen LogP contribution in [0.3, 0.4) is 0 Å². The number of pyridine rings is 1. The molecule has 2 aromatic rings. The molecule has 0 spiro atoms. The van der Waals surface area contributed by atoms with E-state index in [9.17, 15) is 4.79 Å². The molecule has 1 N–H and O–H groups in total. The third-order valence-electron chi connectivity index (χ3n) is 3.73. The monoisotopic (exact) mass is 297 g/mol. The fourth-order valence-electron chi connectivity index (χ4n) is 2.54. The number of aromatic nitrogens is 1. The van der Waals surface area contributed by atoms with E-state index in [1.807, 2.05) is 42.5 Å². The maximum atomic E-state index is 12.7. The fraction of sp³-hybridized carbons (Fsp3) is 0.333. The summed E-state index contributed by atoms with van der Waals surface area (Å²) in [5, 5.41) is 3.03. The quantitative estimate of drug-likeness (QED) is 0.854. The lowest BCUT2D eigenvalue weighted by Gasteiger charge is -2.29. The number of rotatable bonds is 7. The lowest BCUT2D eigenvalue weighted by molar-refractivity contribution is -0.126. The summed E-state index contributed by atoms with van der Waals surface area (Å²) >= 11 is 0. The van der Waals surface area contributed by atoms with Crippen LogP contribution in [0.5, 0.6) is 0 Å². The van der Waals surface area contributed by atoms with Crippen LogP contribution in [0.15, 0.2) is 54.9 Å². The Morgan fingerprint density at radius 2 is 1.86 bits per heavy atom. The molecule has 0 bridgehead atoms. The largest absolute Gasteiger partial charge is 0.350 e. The van der Waals surface area contributed by atoms with Gasteiger partial charge in [0.25, 0.3) is 0 Å². The molecule has 4 heteroatoms. The van der Waals surface area contributed by atoms with Crippen LogP contribution in [0.1, 0.15) is 31.0 Å². The van der Waals surface area contributed by atoms with E-state index in [0.29, 0.717) is 6.54 Å². The molecule has 1 aromatic heterocycles. The first-order chi connectivity index (χ1) is 10.8. The van der Waals surface area contributed by atoms with Crippen molar-refractivity contribution in [2.24, 2.45) is 0 Å². The standard InChI is InChI=1S/C18H23N3O/c1-3-21(4-2)17(16-10-6-5-7-11-16)18(22)20-14-15-9-8-12-19-13-15/h5-13,17H,3-4,14H2,1-2H3,(H,20,22)/t17-/m1/s1. The van der Waals surface area contributed by atoms with Crippen molar-refractivity contribution in [2.75, 3.05) is 13.1 Å². The second-order valence-electron chi connectivity index (χ2n) is 5.11. The second kappa shape index (κ2) is 8.29. The van der Waals surface area contributed by atoms with Crippen molar-refractivity contribution >= 4 is 5.91 Å². The van der Waals surface area contributed by atoms with Gasteiger partial charge in [0, 0.05) is 18.9 Å². The van der Waals surface area contributed by atoms with Crippen LogP contribution >= 0.6 is 0 Å². The van der Waals surface area contributed by atoms with Crippen LogP contribution in [-0.2, 0) is 11.3 Å². The summed E-state index contributed by atoms with van der Waals surface area (Å²) < 4.78 is 0. The second-order valence-corrected chi connectivity index (χ2v) is 5.11. The van der Waals surface area contributed by atoms with E-state index in [0.717, 1.165) is 24.2 Å². The number of carbonyl (C=O) groups excluding carboxylic acids is 1. The molecule has 1 heterocycles. The van der Waals surface area contributed by atoms with E-state index in [-0.39, 0.29) is 11.9 Å². The highest BCUT2D eigenvalue weighted by atomic mass is 16.2. The Balaban J connectivity index is 2.12. The molecule has 116 valence electrons. The van der Waals surface area contributed by atoms with Gasteiger partial charge in [-0.3, -0.25) is 14.7 Å². The number of amides is 1. The molecule has 1 atom stereocenters. The van der Waals surface area contributed by atoms with Crippen LogP contribution in [0, 0.1) is 0 Å². The molecule has 0 aliphatic heterocycles. The van der Waals surface area contributed by atoms with E-state index >= 15 is 0 Å². The summed E-state index contributed by atoms with van der Waals surface area (Å²) in [6.07, 6.45) is 3.50. The molecule has 0 unspecified atom stereocenters. The summed E-state index contributed by atoms with van der Waals surface area (Å²) in [7, 11) is 0. The number of nitrogens with zero attached hydrogens (tertiary/aromatic N) is 2. The summed E-state index contributed by atoms with van der Waals surface area (Å²) in [5.41, 5.74) is 2.03. The molecule has 0 aliphatic rings. The maximum Gasteiger partial charge on any atom is 0.242 e. The lowest BCUT2D eigenvalue weighted by Crippen LogP contribution is -2.40. The number of carbonyl (C=O) groups is 1. The highest BCUT2D eigenvalue weighted by molar-refractivity contribution is 5.83. The van der Waals surface area contributed by atoms with Crippen molar-refractivity contribution in [2.45, 2.75) is 26.4 Å². The van der Waals surface area contributed by atoms with Gasteiger partial charge in [-0.25, -0.2) is 0 Å². The average Bonchev–Trinajstić information content (AvgIpc) is 2.59. The highest BCUT2D eigenvalue weighted by Crippen LogP contribution is 2.20. The molecular weight excluding hydrogens is 274 g/mol. The molecule has 4 nitrogen and oxygen atoms in total. The zero-order chi connectivity index (χ0) is 15.8. The topological polar surface area (TPSA) is 45.2 Å². The summed E-state index contributed by atoms with van der Waals surface area (Å²) in [6, 6.07) is 13.5. The molecule has 0 saturated heterocycles. The van der Waals surface area contributed by atoms with Gasteiger partial charge in [0.1, 0.15) is 6.04 Å². The number of likely N-dealkylation sites (N-methyl/N-ethyl adjacent to an activating group) is 1. The Labute approximate surface area is 132 Å². The predicted octanol–water partition coefficient (Wildman–Crippen LogP) is 2.78. The van der Waals surface area contributed by atoms with Gasteiger partial charge in [-0.05, 0) is 30.3 Å². The van der Waals surface area contributed by atoms with E-state index in [1.165, 1.54) is 0 Å². The third kappa shape index (κ3) is 4.15. The molecule has 1 amide bonds. The van der Waals surface area contributed by atoms with Gasteiger partial charge in [0.2, 0.25) is 5.91 Å². The van der Waals surface area contributed by atoms with Crippen molar-refractivity contribution < 1.29 is 4.79 Å². The van der Waals surface area contributed by atoms with E-state index < -0.39 is 0 Å². The third-order valence-corrected chi connectivity index (χ3v) is 3.73. The molecule has 22 heavy (non-hydrogen) atoms. The number of hydrogen-bond acceptors (Lipinski definition) is 3. The zero-order valence-electron chi connectivity index (χ0n) is 13.2. The smallest absolute Gasteiger partial charge is 0.242 e. The molecule has 0 radical (unpaired) electrons. The highest BCUT2D eigenvalue weighted by Gasteiger charge is 2.25. The van der Waals surface area contributed by atoms with Crippen molar-refractivity contribution in [1.82, 2.24) is 15.2 Å². The van der Waals surface area contributed by atoms with Gasteiger partial charge in [-0.15, -0.1) is 0 Å². The van der Waals surface area contributed by atoms with Crippen molar-refractivity contribution in [3.8, 4) is 0 Å². The Kier molecular flexibility index (Phi) is 6.10. The fourth-order valence-corrected chi connectivity index (χ4v) is 2.54. The molecular formula is C18H23N3O. The minimum atomic E-state index is -0.257. The Hall–Kier alpha value is -2.20. The normalized spacial score (nSPS) is 12.1. The molecule has 0 saturated carbocycles. The van der Waals surface area contributed by atoms with E-state index in [4.69, 9.17) is 0 Å². The average molecular weight is 297 g/mol. The number of hydrogen-bond donors (Lipinski definition) is 1. The predicted molar refractivity (Wildman–Crippen MR) is 88.2 cm³/mol. The van der Waals surface area contributed by atoms with Crippen molar-refractivity contribution in [3.05, 3.63) is 66.0 Å². The van der Waals surface area contributed by atoms with Crippen LogP contribution < -0.4 is 5.32 Å². The maximum absolute atomic E-state index is 12.7. The summed E-state index contributed by atoms with van der Waals surface area (Å²) in [6.45, 7) is 6.31. The summed E-state index contributed by atoms with van der Waals surface area (Å²) in [4.78, 5) is 18.9. The number of nitrogens with one attached hydrogen (secondary N) is 1. The molecule has 0 fully saturated rings. The van der Waals surface area contributed by atoms with Crippen LogP contribution in [-0.4, -0.2) is 28.9 Å². The molecule has 2 rings (SSSR count). The molecule has 0 aliphatic carbocycles. The SMILES string of the molecule is CCN(CC)[C@@H](C(=O)NCc1cccnc1)c1ccccc1.